The van der Waals surface area contributed by atoms with Gasteiger partial charge in [0, 0.05) is 13.0 Å². The Labute approximate surface area is 115 Å². The van der Waals surface area contributed by atoms with Gasteiger partial charge in [0.25, 0.3) is 0 Å². The van der Waals surface area contributed by atoms with E-state index < -0.39 is 0 Å². The molecule has 3 nitrogen and oxygen atoms in total. The average Bonchev–Trinajstić information content (AvgIpc) is 2.39. The number of hydrogen-bond acceptors (Lipinski definition) is 2. The van der Waals surface area contributed by atoms with Crippen molar-refractivity contribution in [3.63, 3.8) is 0 Å². The molecule has 0 spiro atoms. The zero-order valence-electron chi connectivity index (χ0n) is 12.0. The molecule has 1 unspecified atom stereocenters. The molecule has 104 valence electrons. The summed E-state index contributed by atoms with van der Waals surface area (Å²) in [6, 6.07) is 6.36. The van der Waals surface area contributed by atoms with Crippen molar-refractivity contribution in [2.45, 2.75) is 39.7 Å². The van der Waals surface area contributed by atoms with Gasteiger partial charge < -0.3 is 10.6 Å². The molecular weight excluding hydrogens is 236 g/mol. The van der Waals surface area contributed by atoms with E-state index in [1.54, 1.807) is 0 Å². The highest BCUT2D eigenvalue weighted by molar-refractivity contribution is 5.76. The molecule has 2 N–H and O–H groups in total. The molecule has 1 saturated heterocycles. The van der Waals surface area contributed by atoms with Gasteiger partial charge in [-0.2, -0.15) is 0 Å². The summed E-state index contributed by atoms with van der Waals surface area (Å²) in [7, 11) is 0. The maximum absolute atomic E-state index is 11.9. The summed E-state index contributed by atoms with van der Waals surface area (Å²) in [6.45, 7) is 6.91. The van der Waals surface area contributed by atoms with Crippen LogP contribution in [-0.4, -0.2) is 19.0 Å². The quantitative estimate of drug-likeness (QED) is 0.872. The molecule has 3 heteroatoms. The standard InChI is InChI=1S/C16H24N2O/c1-12-5-6-15(13(2)8-12)11-18-16(19)9-14-4-3-7-17-10-14/h5-6,8,14,17H,3-4,7,9-11H2,1-2H3,(H,18,19). The lowest BCUT2D eigenvalue weighted by Gasteiger charge is -2.22. The Morgan fingerprint density at radius 3 is 2.95 bits per heavy atom. The minimum atomic E-state index is 0.175. The Kier molecular flexibility index (Phi) is 4.97. The smallest absolute Gasteiger partial charge is 0.220 e. The highest BCUT2D eigenvalue weighted by Crippen LogP contribution is 2.14. The maximum atomic E-state index is 11.9. The number of carbonyl (C=O) groups excluding carboxylic acids is 1. The van der Waals surface area contributed by atoms with Gasteiger partial charge in [0.1, 0.15) is 0 Å². The number of piperidine rings is 1. The fourth-order valence-corrected chi connectivity index (χ4v) is 2.67. The van der Waals surface area contributed by atoms with Gasteiger partial charge in [0.2, 0.25) is 5.91 Å². The second-order valence-corrected chi connectivity index (χ2v) is 5.62. The fraction of sp³-hybridized carbons (Fsp3) is 0.562. The fourth-order valence-electron chi connectivity index (χ4n) is 2.67. The van der Waals surface area contributed by atoms with Crippen LogP contribution in [0.25, 0.3) is 0 Å². The van der Waals surface area contributed by atoms with Crippen LogP contribution in [0.3, 0.4) is 0 Å². The average molecular weight is 260 g/mol. The van der Waals surface area contributed by atoms with E-state index >= 15 is 0 Å². The third-order valence-corrected chi connectivity index (χ3v) is 3.85. The van der Waals surface area contributed by atoms with Gasteiger partial charge in [0.05, 0.1) is 0 Å². The van der Waals surface area contributed by atoms with E-state index in [-0.39, 0.29) is 5.91 Å². The molecule has 19 heavy (non-hydrogen) atoms. The number of rotatable bonds is 4. The first kappa shape index (κ1) is 14.1. The van der Waals surface area contributed by atoms with Crippen LogP contribution < -0.4 is 10.6 Å². The molecule has 0 aliphatic carbocycles. The van der Waals surface area contributed by atoms with Crippen LogP contribution in [0.1, 0.15) is 36.0 Å². The monoisotopic (exact) mass is 260 g/mol. The molecule has 1 amide bonds. The second kappa shape index (κ2) is 6.71. The van der Waals surface area contributed by atoms with Gasteiger partial charge in [-0.1, -0.05) is 23.8 Å². The van der Waals surface area contributed by atoms with E-state index in [0.29, 0.717) is 18.9 Å². The van der Waals surface area contributed by atoms with Gasteiger partial charge in [0.15, 0.2) is 0 Å². The van der Waals surface area contributed by atoms with Gasteiger partial charge in [-0.3, -0.25) is 4.79 Å². The molecule has 1 aliphatic heterocycles. The lowest BCUT2D eigenvalue weighted by Crippen LogP contribution is -2.34. The van der Waals surface area contributed by atoms with Crippen LogP contribution in [-0.2, 0) is 11.3 Å². The molecule has 1 aliphatic rings. The van der Waals surface area contributed by atoms with E-state index in [1.165, 1.54) is 29.5 Å². The Bertz CT molecular complexity index is 436. The minimum Gasteiger partial charge on any atom is -0.352 e. The number of amides is 1. The van der Waals surface area contributed by atoms with Crippen molar-refractivity contribution in [3.8, 4) is 0 Å². The number of carbonyl (C=O) groups is 1. The third-order valence-electron chi connectivity index (χ3n) is 3.85. The summed E-state index contributed by atoms with van der Waals surface area (Å²) in [5, 5.41) is 6.39. The lowest BCUT2D eigenvalue weighted by atomic mass is 9.96. The third kappa shape index (κ3) is 4.35. The van der Waals surface area contributed by atoms with E-state index in [0.717, 1.165) is 13.1 Å². The van der Waals surface area contributed by atoms with E-state index in [4.69, 9.17) is 0 Å². The molecule has 1 fully saturated rings. The Balaban J connectivity index is 1.79. The molecule has 0 bridgehead atoms. The van der Waals surface area contributed by atoms with Crippen molar-refractivity contribution in [1.29, 1.82) is 0 Å². The van der Waals surface area contributed by atoms with Crippen molar-refractivity contribution in [2.75, 3.05) is 13.1 Å². The summed E-state index contributed by atoms with van der Waals surface area (Å²) in [5.41, 5.74) is 3.72. The Morgan fingerprint density at radius 2 is 2.26 bits per heavy atom. The summed E-state index contributed by atoms with van der Waals surface area (Å²) in [6.07, 6.45) is 3.01. The van der Waals surface area contributed by atoms with Crippen molar-refractivity contribution < 1.29 is 4.79 Å². The van der Waals surface area contributed by atoms with Crippen molar-refractivity contribution in [3.05, 3.63) is 34.9 Å². The normalized spacial score (nSPS) is 19.2. The largest absolute Gasteiger partial charge is 0.352 e. The molecular formula is C16H24N2O. The number of benzene rings is 1. The zero-order chi connectivity index (χ0) is 13.7. The molecule has 1 atom stereocenters. The van der Waals surface area contributed by atoms with Gasteiger partial charge in [-0.05, 0) is 56.8 Å². The Hall–Kier alpha value is -1.35. The van der Waals surface area contributed by atoms with E-state index in [9.17, 15) is 4.79 Å². The number of hydrogen-bond donors (Lipinski definition) is 2. The van der Waals surface area contributed by atoms with Crippen molar-refractivity contribution in [2.24, 2.45) is 5.92 Å². The van der Waals surface area contributed by atoms with Crippen LogP contribution in [0.5, 0.6) is 0 Å². The summed E-state index contributed by atoms with van der Waals surface area (Å²) >= 11 is 0. The minimum absolute atomic E-state index is 0.175. The zero-order valence-corrected chi connectivity index (χ0v) is 12.0. The number of aryl methyl sites for hydroxylation is 2. The number of nitrogens with one attached hydrogen (secondary N) is 2. The van der Waals surface area contributed by atoms with Gasteiger partial charge in [-0.15, -0.1) is 0 Å². The second-order valence-electron chi connectivity index (χ2n) is 5.62. The molecule has 0 saturated carbocycles. The van der Waals surface area contributed by atoms with Crippen LogP contribution in [0, 0.1) is 19.8 Å². The predicted octanol–water partition coefficient (Wildman–Crippen LogP) is 2.31. The topological polar surface area (TPSA) is 41.1 Å². The molecule has 2 rings (SSSR count). The Morgan fingerprint density at radius 1 is 1.42 bits per heavy atom. The first-order valence-corrected chi connectivity index (χ1v) is 7.18. The SMILES string of the molecule is Cc1ccc(CNC(=O)CC2CCCNC2)c(C)c1. The van der Waals surface area contributed by atoms with Crippen LogP contribution in [0.15, 0.2) is 18.2 Å². The summed E-state index contributed by atoms with van der Waals surface area (Å²) in [5.74, 6) is 0.682. The van der Waals surface area contributed by atoms with Crippen molar-refractivity contribution in [1.82, 2.24) is 10.6 Å². The predicted molar refractivity (Wildman–Crippen MR) is 78.0 cm³/mol. The van der Waals surface area contributed by atoms with Gasteiger partial charge in [-0.25, -0.2) is 0 Å². The van der Waals surface area contributed by atoms with Gasteiger partial charge >= 0.3 is 0 Å². The highest BCUT2D eigenvalue weighted by atomic mass is 16.1. The molecule has 1 aromatic rings. The highest BCUT2D eigenvalue weighted by Gasteiger charge is 2.16. The van der Waals surface area contributed by atoms with E-state index in [1.807, 2.05) is 0 Å². The molecule has 0 radical (unpaired) electrons. The van der Waals surface area contributed by atoms with Crippen molar-refractivity contribution >= 4 is 5.91 Å². The van der Waals surface area contributed by atoms with Crippen LogP contribution >= 0.6 is 0 Å². The molecule has 1 aromatic carbocycles. The van der Waals surface area contributed by atoms with Crippen LogP contribution in [0.4, 0.5) is 0 Å². The first-order valence-electron chi connectivity index (χ1n) is 7.18. The maximum Gasteiger partial charge on any atom is 0.220 e. The molecule has 1 heterocycles. The summed E-state index contributed by atoms with van der Waals surface area (Å²) in [4.78, 5) is 11.9. The lowest BCUT2D eigenvalue weighted by molar-refractivity contribution is -0.122. The first-order chi connectivity index (χ1) is 9.15. The van der Waals surface area contributed by atoms with E-state index in [2.05, 4.69) is 42.7 Å². The summed E-state index contributed by atoms with van der Waals surface area (Å²) < 4.78 is 0. The molecule has 0 aromatic heterocycles. The van der Waals surface area contributed by atoms with Crippen LogP contribution in [0.2, 0.25) is 0 Å².